The maximum absolute atomic E-state index is 14.1. The summed E-state index contributed by atoms with van der Waals surface area (Å²) >= 11 is 0. The third kappa shape index (κ3) is 4.82. The van der Waals surface area contributed by atoms with Gasteiger partial charge in [0, 0.05) is 30.4 Å². The van der Waals surface area contributed by atoms with Gasteiger partial charge in [0.2, 0.25) is 11.8 Å². The first kappa shape index (κ1) is 22.8. The smallest absolute Gasteiger partial charge is 0.324 e. The summed E-state index contributed by atoms with van der Waals surface area (Å²) in [6.45, 7) is 3.44. The van der Waals surface area contributed by atoms with Crippen LogP contribution in [0.15, 0.2) is 36.4 Å². The molecule has 2 heterocycles. The van der Waals surface area contributed by atoms with E-state index in [1.807, 2.05) is 0 Å². The third-order valence-electron chi connectivity index (χ3n) is 5.32. The highest BCUT2D eigenvalue weighted by Crippen LogP contribution is 2.21. The molecule has 0 bridgehead atoms. The average molecular weight is 464 g/mol. The van der Waals surface area contributed by atoms with E-state index >= 15 is 0 Å². The van der Waals surface area contributed by atoms with Crippen LogP contribution in [-0.4, -0.2) is 51.7 Å². The van der Waals surface area contributed by atoms with Crippen LogP contribution in [0, 0.1) is 19.7 Å². The molecule has 1 fully saturated rings. The number of halogens is 1. The normalized spacial score (nSPS) is 13.2. The molecule has 1 aliphatic heterocycles. The van der Waals surface area contributed by atoms with E-state index in [9.17, 15) is 23.6 Å². The Hall–Kier alpha value is -4.41. The number of anilines is 2. The highest BCUT2D eigenvalue weighted by molar-refractivity contribution is 6.11. The first-order chi connectivity index (χ1) is 16.2. The van der Waals surface area contributed by atoms with Crippen molar-refractivity contribution in [3.8, 4) is 0 Å². The van der Waals surface area contributed by atoms with E-state index in [1.54, 1.807) is 38.1 Å². The maximum Gasteiger partial charge on any atom is 0.324 e. The van der Waals surface area contributed by atoms with Crippen molar-refractivity contribution in [1.82, 2.24) is 20.2 Å². The van der Waals surface area contributed by atoms with Crippen molar-refractivity contribution in [2.75, 3.05) is 23.7 Å². The van der Waals surface area contributed by atoms with Crippen LogP contribution < -0.4 is 16.0 Å². The van der Waals surface area contributed by atoms with Crippen molar-refractivity contribution in [2.24, 2.45) is 0 Å². The van der Waals surface area contributed by atoms with Gasteiger partial charge in [0.15, 0.2) is 0 Å². The van der Waals surface area contributed by atoms with Gasteiger partial charge in [-0.05, 0) is 44.2 Å². The Balaban J connectivity index is 1.40. The Kier molecular flexibility index (Phi) is 6.17. The summed E-state index contributed by atoms with van der Waals surface area (Å²) < 4.78 is 14.1. The number of nitrogens with one attached hydrogen (secondary N) is 3. The summed E-state index contributed by atoms with van der Waals surface area (Å²) in [5, 5.41) is 7.74. The lowest BCUT2D eigenvalue weighted by Gasteiger charge is -2.12. The number of imide groups is 1. The first-order valence-electron chi connectivity index (χ1n) is 10.5. The molecule has 5 amide bonds. The molecule has 2 aromatic carbocycles. The quantitative estimate of drug-likeness (QED) is 0.480. The standard InChI is InChI=1S/C23H21FN6O4/c1-12-13(2)27-21-17(9-14(24)10-18(21)26-12)22(33)29-16-5-3-15(4-6-16)28-19(31)7-8-30-20(32)11-25-23(30)34/h3-6,9-10H,7-8,11H2,1-2H3,(H,25,34)(H,28,31)(H,29,33). The minimum atomic E-state index is -0.596. The molecule has 0 spiro atoms. The number of nitrogens with zero attached hydrogens (tertiary/aromatic N) is 3. The predicted octanol–water partition coefficient (Wildman–Crippen LogP) is 2.52. The van der Waals surface area contributed by atoms with Crippen molar-refractivity contribution in [1.29, 1.82) is 0 Å². The van der Waals surface area contributed by atoms with Gasteiger partial charge in [0.1, 0.15) is 11.3 Å². The van der Waals surface area contributed by atoms with Gasteiger partial charge in [-0.1, -0.05) is 0 Å². The van der Waals surface area contributed by atoms with Gasteiger partial charge in [0.25, 0.3) is 5.91 Å². The van der Waals surface area contributed by atoms with Gasteiger partial charge in [0.05, 0.1) is 29.0 Å². The van der Waals surface area contributed by atoms with Crippen molar-refractivity contribution in [3.63, 3.8) is 0 Å². The van der Waals surface area contributed by atoms with E-state index < -0.39 is 17.8 Å². The number of carbonyl (C=O) groups is 4. The number of carbonyl (C=O) groups excluding carboxylic acids is 4. The molecule has 0 saturated carbocycles. The Bertz CT molecular complexity index is 1310. The van der Waals surface area contributed by atoms with E-state index in [0.717, 1.165) is 11.0 Å². The topological polar surface area (TPSA) is 133 Å². The lowest BCUT2D eigenvalue weighted by molar-refractivity contribution is -0.125. The van der Waals surface area contributed by atoms with Crippen LogP contribution in [0.2, 0.25) is 0 Å². The molecule has 4 rings (SSSR count). The minimum Gasteiger partial charge on any atom is -0.329 e. The van der Waals surface area contributed by atoms with Crippen molar-refractivity contribution in [2.45, 2.75) is 20.3 Å². The number of rotatable bonds is 6. The molecule has 34 heavy (non-hydrogen) atoms. The van der Waals surface area contributed by atoms with Crippen LogP contribution in [0.3, 0.4) is 0 Å². The second-order valence-corrected chi connectivity index (χ2v) is 7.75. The van der Waals surface area contributed by atoms with Crippen LogP contribution in [-0.2, 0) is 9.59 Å². The van der Waals surface area contributed by atoms with E-state index in [0.29, 0.717) is 33.8 Å². The molecule has 1 aromatic heterocycles. The molecule has 3 N–H and O–H groups in total. The first-order valence-corrected chi connectivity index (χ1v) is 10.5. The molecular formula is C23H21FN6O4. The largest absolute Gasteiger partial charge is 0.329 e. The second kappa shape index (κ2) is 9.22. The number of benzene rings is 2. The van der Waals surface area contributed by atoms with E-state index in [4.69, 9.17) is 0 Å². The number of urea groups is 1. The van der Waals surface area contributed by atoms with Crippen molar-refractivity contribution in [3.05, 3.63) is 59.2 Å². The van der Waals surface area contributed by atoms with E-state index in [1.165, 1.54) is 6.07 Å². The highest BCUT2D eigenvalue weighted by Gasteiger charge is 2.28. The zero-order valence-electron chi connectivity index (χ0n) is 18.4. The number of fused-ring (bicyclic) bond motifs is 1. The van der Waals surface area contributed by atoms with Gasteiger partial charge < -0.3 is 16.0 Å². The molecule has 0 radical (unpaired) electrons. The number of hydrogen-bond acceptors (Lipinski definition) is 6. The van der Waals surface area contributed by atoms with Gasteiger partial charge >= 0.3 is 6.03 Å². The fourth-order valence-corrected chi connectivity index (χ4v) is 3.42. The number of aromatic nitrogens is 2. The minimum absolute atomic E-state index is 0.0197. The van der Waals surface area contributed by atoms with Gasteiger partial charge in [-0.3, -0.25) is 19.3 Å². The molecule has 174 valence electrons. The fraction of sp³-hybridized carbons (Fsp3) is 0.217. The van der Waals surface area contributed by atoms with Crippen LogP contribution in [0.1, 0.15) is 28.2 Å². The molecule has 3 aromatic rings. The lowest BCUT2D eigenvalue weighted by Crippen LogP contribution is -2.33. The summed E-state index contributed by atoms with van der Waals surface area (Å²) in [6, 6.07) is 8.15. The van der Waals surface area contributed by atoms with Crippen LogP contribution in [0.25, 0.3) is 11.0 Å². The monoisotopic (exact) mass is 464 g/mol. The molecule has 0 unspecified atom stereocenters. The Morgan fingerprint density at radius 3 is 2.32 bits per heavy atom. The van der Waals surface area contributed by atoms with Crippen LogP contribution in [0.5, 0.6) is 0 Å². The zero-order valence-corrected chi connectivity index (χ0v) is 18.4. The van der Waals surface area contributed by atoms with Crippen molar-refractivity contribution < 1.29 is 23.6 Å². The Morgan fingerprint density at radius 1 is 1.03 bits per heavy atom. The highest BCUT2D eigenvalue weighted by atomic mass is 19.1. The van der Waals surface area contributed by atoms with Gasteiger partial charge in [-0.25, -0.2) is 19.2 Å². The summed E-state index contributed by atoms with van der Waals surface area (Å²) in [6.07, 6.45) is -0.0514. The fourth-order valence-electron chi connectivity index (χ4n) is 3.42. The summed E-state index contributed by atoms with van der Waals surface area (Å²) in [5.41, 5.74) is 2.84. The third-order valence-corrected chi connectivity index (χ3v) is 5.32. The second-order valence-electron chi connectivity index (χ2n) is 7.75. The molecule has 11 heteroatoms. The molecular weight excluding hydrogens is 443 g/mol. The molecule has 1 aliphatic rings. The molecule has 10 nitrogen and oxygen atoms in total. The van der Waals surface area contributed by atoms with Gasteiger partial charge in [-0.2, -0.15) is 0 Å². The van der Waals surface area contributed by atoms with E-state index in [2.05, 4.69) is 25.9 Å². The number of hydrogen-bond donors (Lipinski definition) is 3. The molecule has 0 aliphatic carbocycles. The predicted molar refractivity (Wildman–Crippen MR) is 122 cm³/mol. The Labute approximate surface area is 193 Å². The molecule has 1 saturated heterocycles. The lowest BCUT2D eigenvalue weighted by atomic mass is 10.1. The Morgan fingerprint density at radius 2 is 1.68 bits per heavy atom. The SMILES string of the molecule is Cc1nc2cc(F)cc(C(=O)Nc3ccc(NC(=O)CCN4C(=O)CNC4=O)cc3)c2nc1C. The summed E-state index contributed by atoms with van der Waals surface area (Å²) in [5.74, 6) is -1.89. The molecule has 0 atom stereocenters. The van der Waals surface area contributed by atoms with Crippen molar-refractivity contribution >= 4 is 46.2 Å². The van der Waals surface area contributed by atoms with Crippen LogP contribution >= 0.6 is 0 Å². The van der Waals surface area contributed by atoms with E-state index in [-0.39, 0.29) is 36.9 Å². The summed E-state index contributed by atoms with van der Waals surface area (Å²) in [4.78, 5) is 57.7. The number of amides is 5. The maximum atomic E-state index is 14.1. The zero-order chi connectivity index (χ0) is 24.4. The van der Waals surface area contributed by atoms with Gasteiger partial charge in [-0.15, -0.1) is 0 Å². The summed E-state index contributed by atoms with van der Waals surface area (Å²) in [7, 11) is 0. The van der Waals surface area contributed by atoms with Crippen LogP contribution in [0.4, 0.5) is 20.6 Å². The number of aryl methyl sites for hydroxylation is 2. The average Bonchev–Trinajstić information content (AvgIpc) is 3.11.